The van der Waals surface area contributed by atoms with Gasteiger partial charge in [0.25, 0.3) is 5.91 Å². The van der Waals surface area contributed by atoms with Crippen LogP contribution >= 0.6 is 11.3 Å². The van der Waals surface area contributed by atoms with Crippen LogP contribution in [0, 0.1) is 5.92 Å². The van der Waals surface area contributed by atoms with Crippen molar-refractivity contribution in [2.45, 2.75) is 12.8 Å². The van der Waals surface area contributed by atoms with Crippen LogP contribution in [0.4, 0.5) is 0 Å². The summed E-state index contributed by atoms with van der Waals surface area (Å²) in [6.45, 7) is 3.03. The number of amides is 1. The topological polar surface area (TPSA) is 41.1 Å². The van der Waals surface area contributed by atoms with Gasteiger partial charge in [0.1, 0.15) is 0 Å². The molecule has 0 spiro atoms. The van der Waals surface area contributed by atoms with E-state index in [1.165, 1.54) is 6.42 Å². The fourth-order valence-electron chi connectivity index (χ4n) is 1.85. The largest absolute Gasteiger partial charge is 0.352 e. The lowest BCUT2D eigenvalue weighted by atomic mass is 10.1. The molecule has 2 rings (SSSR count). The highest BCUT2D eigenvalue weighted by molar-refractivity contribution is 7.08. The van der Waals surface area contributed by atoms with Gasteiger partial charge in [-0.15, -0.1) is 0 Å². The van der Waals surface area contributed by atoms with Gasteiger partial charge in [-0.25, -0.2) is 0 Å². The molecule has 1 saturated heterocycles. The van der Waals surface area contributed by atoms with Gasteiger partial charge in [-0.2, -0.15) is 11.3 Å². The zero-order chi connectivity index (χ0) is 10.5. The van der Waals surface area contributed by atoms with Crippen molar-refractivity contribution in [1.82, 2.24) is 10.6 Å². The summed E-state index contributed by atoms with van der Waals surface area (Å²) >= 11 is 1.56. The summed E-state index contributed by atoms with van der Waals surface area (Å²) in [4.78, 5) is 11.6. The van der Waals surface area contributed by atoms with Crippen molar-refractivity contribution in [1.29, 1.82) is 0 Å². The highest BCUT2D eigenvalue weighted by Gasteiger charge is 2.14. The Morgan fingerprint density at radius 3 is 3.27 bits per heavy atom. The molecule has 15 heavy (non-hydrogen) atoms. The monoisotopic (exact) mass is 224 g/mol. The Hall–Kier alpha value is -0.870. The zero-order valence-electron chi connectivity index (χ0n) is 8.66. The normalized spacial score (nSPS) is 20.4. The highest BCUT2D eigenvalue weighted by atomic mass is 32.1. The molecule has 2 heterocycles. The van der Waals surface area contributed by atoms with E-state index in [-0.39, 0.29) is 5.91 Å². The van der Waals surface area contributed by atoms with E-state index in [1.807, 2.05) is 16.8 Å². The molecule has 1 atom stereocenters. The second-order valence-corrected chi connectivity index (χ2v) is 4.70. The van der Waals surface area contributed by atoms with E-state index in [9.17, 15) is 4.79 Å². The molecule has 1 unspecified atom stereocenters. The lowest BCUT2D eigenvalue weighted by Gasteiger charge is -2.08. The third kappa shape index (κ3) is 3.04. The van der Waals surface area contributed by atoms with Gasteiger partial charge in [0.05, 0.1) is 0 Å². The van der Waals surface area contributed by atoms with Crippen LogP contribution in [0.1, 0.15) is 23.2 Å². The van der Waals surface area contributed by atoms with Crippen molar-refractivity contribution in [2.24, 2.45) is 5.92 Å². The van der Waals surface area contributed by atoms with Gasteiger partial charge in [0.15, 0.2) is 0 Å². The molecule has 82 valence electrons. The molecule has 0 aromatic carbocycles. The van der Waals surface area contributed by atoms with Crippen LogP contribution in [-0.4, -0.2) is 25.5 Å². The minimum Gasteiger partial charge on any atom is -0.352 e. The molecule has 1 aromatic rings. The molecule has 0 aliphatic carbocycles. The highest BCUT2D eigenvalue weighted by Crippen LogP contribution is 2.11. The number of nitrogens with one attached hydrogen (secondary N) is 2. The second kappa shape index (κ2) is 5.28. The Bertz CT molecular complexity index is 304. The first-order valence-electron chi connectivity index (χ1n) is 5.37. The predicted molar refractivity (Wildman–Crippen MR) is 62.2 cm³/mol. The van der Waals surface area contributed by atoms with E-state index in [0.29, 0.717) is 0 Å². The Kier molecular flexibility index (Phi) is 3.75. The Balaban J connectivity index is 1.67. The molecule has 1 aromatic heterocycles. The van der Waals surface area contributed by atoms with Crippen molar-refractivity contribution in [3.05, 3.63) is 22.4 Å². The SMILES string of the molecule is O=C(NCCC1CCNC1)c1ccsc1. The average molecular weight is 224 g/mol. The summed E-state index contributed by atoms with van der Waals surface area (Å²) in [6, 6.07) is 1.86. The third-order valence-electron chi connectivity index (χ3n) is 2.78. The summed E-state index contributed by atoms with van der Waals surface area (Å²) in [5.41, 5.74) is 0.782. The van der Waals surface area contributed by atoms with Crippen molar-refractivity contribution in [2.75, 3.05) is 19.6 Å². The van der Waals surface area contributed by atoms with E-state index in [1.54, 1.807) is 11.3 Å². The fraction of sp³-hybridized carbons (Fsp3) is 0.545. The Labute approximate surface area is 93.9 Å². The molecule has 1 aliphatic heterocycles. The van der Waals surface area contributed by atoms with Crippen LogP contribution in [0.15, 0.2) is 16.8 Å². The number of hydrogen-bond donors (Lipinski definition) is 2. The molecule has 3 nitrogen and oxygen atoms in total. The van der Waals surface area contributed by atoms with Crippen molar-refractivity contribution >= 4 is 17.2 Å². The van der Waals surface area contributed by atoms with Gasteiger partial charge in [-0.3, -0.25) is 4.79 Å². The fourth-order valence-corrected chi connectivity index (χ4v) is 2.48. The lowest BCUT2D eigenvalue weighted by Crippen LogP contribution is -2.26. The minimum atomic E-state index is 0.0576. The van der Waals surface area contributed by atoms with Gasteiger partial charge in [0, 0.05) is 17.5 Å². The molecular formula is C11H16N2OS. The van der Waals surface area contributed by atoms with E-state index >= 15 is 0 Å². The first-order valence-corrected chi connectivity index (χ1v) is 6.31. The maximum atomic E-state index is 11.6. The van der Waals surface area contributed by atoms with E-state index < -0.39 is 0 Å². The summed E-state index contributed by atoms with van der Waals surface area (Å²) in [5, 5.41) is 10.1. The first kappa shape index (κ1) is 10.6. The van der Waals surface area contributed by atoms with Crippen LogP contribution in [0.3, 0.4) is 0 Å². The number of rotatable bonds is 4. The summed E-state index contributed by atoms with van der Waals surface area (Å²) in [5.74, 6) is 0.801. The van der Waals surface area contributed by atoms with E-state index in [4.69, 9.17) is 0 Å². The first-order chi connectivity index (χ1) is 7.36. The van der Waals surface area contributed by atoms with Crippen LogP contribution < -0.4 is 10.6 Å². The predicted octanol–water partition coefficient (Wildman–Crippen LogP) is 1.48. The summed E-state index contributed by atoms with van der Waals surface area (Å²) < 4.78 is 0. The molecule has 0 bridgehead atoms. The molecule has 1 amide bonds. The smallest absolute Gasteiger partial charge is 0.252 e. The minimum absolute atomic E-state index is 0.0576. The van der Waals surface area contributed by atoms with Crippen LogP contribution in [-0.2, 0) is 0 Å². The van der Waals surface area contributed by atoms with Crippen LogP contribution in [0.25, 0.3) is 0 Å². The van der Waals surface area contributed by atoms with Gasteiger partial charge >= 0.3 is 0 Å². The van der Waals surface area contributed by atoms with Crippen molar-refractivity contribution in [3.8, 4) is 0 Å². The van der Waals surface area contributed by atoms with Crippen LogP contribution in [0.2, 0.25) is 0 Å². The van der Waals surface area contributed by atoms with Gasteiger partial charge in [-0.1, -0.05) is 0 Å². The maximum Gasteiger partial charge on any atom is 0.252 e. The quantitative estimate of drug-likeness (QED) is 0.813. The van der Waals surface area contributed by atoms with E-state index in [2.05, 4.69) is 10.6 Å². The number of thiophene rings is 1. The lowest BCUT2D eigenvalue weighted by molar-refractivity contribution is 0.0952. The summed E-state index contributed by atoms with van der Waals surface area (Å²) in [6.07, 6.45) is 2.33. The van der Waals surface area contributed by atoms with E-state index in [0.717, 1.165) is 37.5 Å². The standard InChI is InChI=1S/C11H16N2OS/c14-11(10-3-6-15-8-10)13-5-2-9-1-4-12-7-9/h3,6,8-9,12H,1-2,4-5,7H2,(H,13,14). The van der Waals surface area contributed by atoms with Gasteiger partial charge in [0.2, 0.25) is 0 Å². The van der Waals surface area contributed by atoms with Crippen molar-refractivity contribution < 1.29 is 4.79 Å². The number of carbonyl (C=O) groups is 1. The molecule has 4 heteroatoms. The number of hydrogen-bond acceptors (Lipinski definition) is 3. The average Bonchev–Trinajstić information content (AvgIpc) is 2.90. The maximum absolute atomic E-state index is 11.6. The van der Waals surface area contributed by atoms with Gasteiger partial charge in [-0.05, 0) is 43.3 Å². The molecule has 0 saturated carbocycles. The molecule has 0 radical (unpaired) electrons. The molecular weight excluding hydrogens is 208 g/mol. The Morgan fingerprint density at radius 2 is 2.60 bits per heavy atom. The second-order valence-electron chi connectivity index (χ2n) is 3.92. The molecule has 2 N–H and O–H groups in total. The number of carbonyl (C=O) groups excluding carboxylic acids is 1. The van der Waals surface area contributed by atoms with Crippen LogP contribution in [0.5, 0.6) is 0 Å². The Morgan fingerprint density at radius 1 is 1.67 bits per heavy atom. The van der Waals surface area contributed by atoms with Crippen molar-refractivity contribution in [3.63, 3.8) is 0 Å². The molecule has 1 aliphatic rings. The third-order valence-corrected chi connectivity index (χ3v) is 3.47. The van der Waals surface area contributed by atoms with Gasteiger partial charge < -0.3 is 10.6 Å². The molecule has 1 fully saturated rings. The summed E-state index contributed by atoms with van der Waals surface area (Å²) in [7, 11) is 0. The zero-order valence-corrected chi connectivity index (χ0v) is 9.48.